The Morgan fingerprint density at radius 1 is 1.44 bits per heavy atom. The van der Waals surface area contributed by atoms with E-state index in [4.69, 9.17) is 5.73 Å². The predicted octanol–water partition coefficient (Wildman–Crippen LogP) is 1.59. The number of hydrogen-bond donors (Lipinski definition) is 2. The molecule has 1 heterocycles. The molecule has 0 fully saturated rings. The zero-order chi connectivity index (χ0) is 13.1. The molecule has 3 N–H and O–H groups in total. The lowest BCUT2D eigenvalue weighted by Crippen LogP contribution is -2.31. The minimum atomic E-state index is -0.138. The molecule has 2 aromatic rings. The average Bonchev–Trinajstić information content (AvgIpc) is 2.81. The second-order valence-electron chi connectivity index (χ2n) is 4.37. The summed E-state index contributed by atoms with van der Waals surface area (Å²) in [5, 5.41) is 2.86. The monoisotopic (exact) mass is 244 g/mol. The molecular formula is C13H16N4O. The molecule has 18 heavy (non-hydrogen) atoms. The molecule has 0 atom stereocenters. The summed E-state index contributed by atoms with van der Waals surface area (Å²) in [7, 11) is 0. The minimum absolute atomic E-state index is 0.0783. The van der Waals surface area contributed by atoms with Crippen molar-refractivity contribution in [3.8, 4) is 5.69 Å². The molecule has 1 aromatic heterocycles. The van der Waals surface area contributed by atoms with Gasteiger partial charge in [-0.25, -0.2) is 4.98 Å². The molecule has 94 valence electrons. The van der Waals surface area contributed by atoms with Crippen molar-refractivity contribution < 1.29 is 4.79 Å². The normalized spacial score (nSPS) is 10.6. The third-order valence-electron chi connectivity index (χ3n) is 2.47. The molecule has 5 nitrogen and oxygen atoms in total. The number of nitrogens with one attached hydrogen (secondary N) is 1. The quantitative estimate of drug-likeness (QED) is 0.805. The lowest BCUT2D eigenvalue weighted by atomic mass is 10.1. The van der Waals surface area contributed by atoms with Crippen LogP contribution in [0.4, 0.5) is 5.69 Å². The Morgan fingerprint density at radius 2 is 2.22 bits per heavy atom. The average molecular weight is 244 g/mol. The molecule has 0 unspecified atom stereocenters. The zero-order valence-electron chi connectivity index (χ0n) is 10.4. The van der Waals surface area contributed by atoms with Crippen LogP contribution in [0.3, 0.4) is 0 Å². The maximum Gasteiger partial charge on any atom is 0.253 e. The zero-order valence-corrected chi connectivity index (χ0v) is 10.4. The summed E-state index contributed by atoms with van der Waals surface area (Å²) in [5.74, 6) is -0.138. The molecule has 0 saturated carbocycles. The molecular weight excluding hydrogens is 228 g/mol. The maximum absolute atomic E-state index is 12.1. The van der Waals surface area contributed by atoms with E-state index >= 15 is 0 Å². The number of rotatable bonds is 3. The summed E-state index contributed by atoms with van der Waals surface area (Å²) in [4.78, 5) is 16.1. The Hall–Kier alpha value is -2.30. The van der Waals surface area contributed by atoms with E-state index in [-0.39, 0.29) is 11.9 Å². The Balaban J connectivity index is 2.44. The lowest BCUT2D eigenvalue weighted by Gasteiger charge is -2.13. The Kier molecular flexibility index (Phi) is 3.32. The number of anilines is 1. The fourth-order valence-electron chi connectivity index (χ4n) is 1.70. The molecule has 5 heteroatoms. The number of nitrogens with two attached hydrogens (primary N) is 1. The van der Waals surface area contributed by atoms with E-state index < -0.39 is 0 Å². The van der Waals surface area contributed by atoms with Crippen LogP contribution in [0.25, 0.3) is 5.69 Å². The molecule has 0 aliphatic heterocycles. The van der Waals surface area contributed by atoms with Crippen LogP contribution in [0.5, 0.6) is 0 Å². The van der Waals surface area contributed by atoms with Gasteiger partial charge < -0.3 is 15.6 Å². The summed E-state index contributed by atoms with van der Waals surface area (Å²) in [6, 6.07) is 5.33. The fraction of sp³-hybridized carbons (Fsp3) is 0.231. The maximum atomic E-state index is 12.1. The van der Waals surface area contributed by atoms with Crippen molar-refractivity contribution in [3.05, 3.63) is 42.5 Å². The number of imidazole rings is 1. The topological polar surface area (TPSA) is 72.9 Å². The van der Waals surface area contributed by atoms with Crippen LogP contribution >= 0.6 is 0 Å². The number of hydrogen-bond acceptors (Lipinski definition) is 3. The highest BCUT2D eigenvalue weighted by Crippen LogP contribution is 2.18. The van der Waals surface area contributed by atoms with Gasteiger partial charge in [0.05, 0.1) is 17.6 Å². The van der Waals surface area contributed by atoms with Gasteiger partial charge in [-0.05, 0) is 32.0 Å². The summed E-state index contributed by atoms with van der Waals surface area (Å²) in [6.45, 7) is 3.84. The first kappa shape index (κ1) is 12.2. The third-order valence-corrected chi connectivity index (χ3v) is 2.47. The number of nitrogen functional groups attached to an aromatic ring is 1. The van der Waals surface area contributed by atoms with E-state index in [1.807, 2.05) is 19.9 Å². The number of carbonyl (C=O) groups is 1. The van der Waals surface area contributed by atoms with Gasteiger partial charge in [0.25, 0.3) is 5.91 Å². The van der Waals surface area contributed by atoms with Crippen molar-refractivity contribution >= 4 is 11.6 Å². The van der Waals surface area contributed by atoms with E-state index in [0.717, 1.165) is 5.69 Å². The summed E-state index contributed by atoms with van der Waals surface area (Å²) >= 11 is 0. The van der Waals surface area contributed by atoms with Gasteiger partial charge in [-0.3, -0.25) is 4.79 Å². The first-order valence-corrected chi connectivity index (χ1v) is 5.76. The molecule has 0 aliphatic rings. The van der Waals surface area contributed by atoms with E-state index in [1.54, 1.807) is 35.4 Å². The Bertz CT molecular complexity index is 546. The minimum Gasteiger partial charge on any atom is -0.399 e. The molecule has 0 spiro atoms. The molecule has 0 radical (unpaired) electrons. The van der Waals surface area contributed by atoms with Crippen LogP contribution < -0.4 is 11.1 Å². The highest BCUT2D eigenvalue weighted by Gasteiger charge is 2.13. The van der Waals surface area contributed by atoms with Crippen molar-refractivity contribution in [1.82, 2.24) is 14.9 Å². The van der Waals surface area contributed by atoms with Crippen LogP contribution in [0.1, 0.15) is 24.2 Å². The highest BCUT2D eigenvalue weighted by atomic mass is 16.1. The lowest BCUT2D eigenvalue weighted by molar-refractivity contribution is 0.0943. The van der Waals surface area contributed by atoms with Crippen LogP contribution in [0.15, 0.2) is 36.9 Å². The third kappa shape index (κ3) is 2.51. The van der Waals surface area contributed by atoms with Crippen molar-refractivity contribution in [2.45, 2.75) is 19.9 Å². The summed E-state index contributed by atoms with van der Waals surface area (Å²) < 4.78 is 1.79. The van der Waals surface area contributed by atoms with E-state index in [9.17, 15) is 4.79 Å². The first-order valence-electron chi connectivity index (χ1n) is 5.76. The SMILES string of the molecule is CC(C)NC(=O)c1cc(N)ccc1-n1ccnc1. The Labute approximate surface area is 106 Å². The van der Waals surface area contributed by atoms with Gasteiger partial charge >= 0.3 is 0 Å². The van der Waals surface area contributed by atoms with Gasteiger partial charge in [-0.2, -0.15) is 0 Å². The Morgan fingerprint density at radius 3 is 2.83 bits per heavy atom. The van der Waals surface area contributed by atoms with Crippen molar-refractivity contribution in [2.75, 3.05) is 5.73 Å². The van der Waals surface area contributed by atoms with Gasteiger partial charge in [0, 0.05) is 24.1 Å². The highest BCUT2D eigenvalue weighted by molar-refractivity contribution is 5.98. The largest absolute Gasteiger partial charge is 0.399 e. The number of nitrogens with zero attached hydrogens (tertiary/aromatic N) is 2. The van der Waals surface area contributed by atoms with E-state index in [0.29, 0.717) is 11.3 Å². The summed E-state index contributed by atoms with van der Waals surface area (Å²) in [6.07, 6.45) is 5.11. The van der Waals surface area contributed by atoms with Crippen molar-refractivity contribution in [3.63, 3.8) is 0 Å². The van der Waals surface area contributed by atoms with Crippen molar-refractivity contribution in [2.24, 2.45) is 0 Å². The van der Waals surface area contributed by atoms with Gasteiger partial charge in [0.15, 0.2) is 0 Å². The molecule has 0 saturated heterocycles. The smallest absolute Gasteiger partial charge is 0.253 e. The number of benzene rings is 1. The van der Waals surface area contributed by atoms with Gasteiger partial charge in [0.1, 0.15) is 0 Å². The number of amides is 1. The van der Waals surface area contributed by atoms with Crippen molar-refractivity contribution in [1.29, 1.82) is 0 Å². The molecule has 1 amide bonds. The molecule has 0 bridgehead atoms. The van der Waals surface area contributed by atoms with Gasteiger partial charge in [-0.1, -0.05) is 0 Å². The van der Waals surface area contributed by atoms with Gasteiger partial charge in [0.2, 0.25) is 0 Å². The molecule has 1 aromatic carbocycles. The standard InChI is InChI=1S/C13H16N4O/c1-9(2)16-13(18)11-7-10(14)3-4-12(11)17-6-5-15-8-17/h3-9H,14H2,1-2H3,(H,16,18). The van der Waals surface area contributed by atoms with Crippen LogP contribution in [0, 0.1) is 0 Å². The molecule has 0 aliphatic carbocycles. The number of aromatic nitrogens is 2. The van der Waals surface area contributed by atoms with Crippen LogP contribution in [0.2, 0.25) is 0 Å². The second kappa shape index (κ2) is 4.91. The summed E-state index contributed by atoms with van der Waals surface area (Å²) in [5.41, 5.74) is 7.61. The fourth-order valence-corrected chi connectivity index (χ4v) is 1.70. The van der Waals surface area contributed by atoms with E-state index in [1.165, 1.54) is 0 Å². The predicted molar refractivity (Wildman–Crippen MR) is 70.6 cm³/mol. The van der Waals surface area contributed by atoms with Crippen LogP contribution in [-0.2, 0) is 0 Å². The second-order valence-corrected chi connectivity index (χ2v) is 4.37. The van der Waals surface area contributed by atoms with Crippen LogP contribution in [-0.4, -0.2) is 21.5 Å². The molecule has 2 rings (SSSR count). The number of carbonyl (C=O) groups excluding carboxylic acids is 1. The van der Waals surface area contributed by atoms with E-state index in [2.05, 4.69) is 10.3 Å². The first-order chi connectivity index (χ1) is 8.58. The van der Waals surface area contributed by atoms with Gasteiger partial charge in [-0.15, -0.1) is 0 Å².